The molecule has 1 saturated carbocycles. The van der Waals surface area contributed by atoms with Crippen molar-refractivity contribution < 1.29 is 0 Å². The van der Waals surface area contributed by atoms with Gasteiger partial charge in [0, 0.05) is 12.6 Å². The van der Waals surface area contributed by atoms with Crippen molar-refractivity contribution in [1.29, 1.82) is 0 Å². The number of hydrogen-bond acceptors (Lipinski definition) is 2. The first-order chi connectivity index (χ1) is 9.81. The van der Waals surface area contributed by atoms with E-state index in [1.54, 1.807) is 0 Å². The summed E-state index contributed by atoms with van der Waals surface area (Å²) in [6.07, 6.45) is 8.20. The summed E-state index contributed by atoms with van der Waals surface area (Å²) in [6, 6.07) is 0.804. The quantitative estimate of drug-likeness (QED) is 0.813. The Hall–Kier alpha value is -0.0800. The summed E-state index contributed by atoms with van der Waals surface area (Å²) in [4.78, 5) is 2.86. The number of piperidine rings is 1. The molecule has 2 aliphatic rings. The molecule has 0 bridgehead atoms. The molecule has 1 N–H and O–H groups in total. The van der Waals surface area contributed by atoms with Gasteiger partial charge in [-0.3, -0.25) is 0 Å². The highest BCUT2D eigenvalue weighted by Crippen LogP contribution is 2.47. The molecule has 1 saturated heterocycles. The molecule has 0 aromatic rings. The van der Waals surface area contributed by atoms with Gasteiger partial charge in [-0.05, 0) is 74.9 Å². The fourth-order valence-electron chi connectivity index (χ4n) is 5.15. The van der Waals surface area contributed by atoms with E-state index in [-0.39, 0.29) is 0 Å². The Morgan fingerprint density at radius 1 is 1.00 bits per heavy atom. The maximum atomic E-state index is 3.51. The third-order valence-corrected chi connectivity index (χ3v) is 5.51. The van der Waals surface area contributed by atoms with Gasteiger partial charge in [0.1, 0.15) is 0 Å². The van der Waals surface area contributed by atoms with E-state index in [1.807, 2.05) is 0 Å². The zero-order valence-electron chi connectivity index (χ0n) is 15.2. The van der Waals surface area contributed by atoms with E-state index in [0.29, 0.717) is 10.8 Å². The molecule has 1 aliphatic heterocycles. The average molecular weight is 295 g/mol. The molecule has 0 atom stereocenters. The lowest BCUT2D eigenvalue weighted by atomic mass is 9.63. The minimum absolute atomic E-state index is 0.506. The highest BCUT2D eigenvalue weighted by molar-refractivity contribution is 4.93. The molecule has 1 aliphatic carbocycles. The zero-order valence-corrected chi connectivity index (χ0v) is 15.2. The summed E-state index contributed by atoms with van der Waals surface area (Å²) in [7, 11) is 0. The minimum atomic E-state index is 0.506. The van der Waals surface area contributed by atoms with Crippen LogP contribution in [-0.2, 0) is 0 Å². The Morgan fingerprint density at radius 2 is 1.57 bits per heavy atom. The van der Waals surface area contributed by atoms with Crippen LogP contribution < -0.4 is 5.32 Å². The van der Waals surface area contributed by atoms with Gasteiger partial charge >= 0.3 is 0 Å². The molecule has 0 spiro atoms. The van der Waals surface area contributed by atoms with Gasteiger partial charge in [0.25, 0.3) is 0 Å². The molecule has 0 aromatic carbocycles. The van der Waals surface area contributed by atoms with Crippen molar-refractivity contribution in [2.45, 2.75) is 79.2 Å². The van der Waals surface area contributed by atoms with E-state index in [1.165, 1.54) is 64.7 Å². The maximum absolute atomic E-state index is 3.51. The number of nitrogens with zero attached hydrogens (tertiary/aromatic N) is 1. The second-order valence-electron chi connectivity index (χ2n) is 9.26. The Kier molecular flexibility index (Phi) is 5.76. The number of rotatable bonds is 5. The van der Waals surface area contributed by atoms with Gasteiger partial charge in [-0.2, -0.15) is 0 Å². The van der Waals surface area contributed by atoms with Gasteiger partial charge in [-0.15, -0.1) is 0 Å². The SMILES string of the molecule is CCCN(CC1CCNCC1)C1CC(C)(C)CC(C)(C)C1. The van der Waals surface area contributed by atoms with Crippen LogP contribution in [0.3, 0.4) is 0 Å². The van der Waals surface area contributed by atoms with Gasteiger partial charge in [-0.25, -0.2) is 0 Å². The Balaban J connectivity index is 2.01. The van der Waals surface area contributed by atoms with Crippen molar-refractivity contribution in [3.8, 4) is 0 Å². The van der Waals surface area contributed by atoms with Crippen LogP contribution in [0.2, 0.25) is 0 Å². The lowest BCUT2D eigenvalue weighted by Gasteiger charge is -2.49. The van der Waals surface area contributed by atoms with Gasteiger partial charge < -0.3 is 10.2 Å². The van der Waals surface area contributed by atoms with E-state index in [2.05, 4.69) is 44.8 Å². The van der Waals surface area contributed by atoms with Crippen LogP contribution in [0.5, 0.6) is 0 Å². The van der Waals surface area contributed by atoms with Crippen LogP contribution >= 0.6 is 0 Å². The molecular formula is C19H38N2. The molecule has 1 heterocycles. The summed E-state index contributed by atoms with van der Waals surface area (Å²) >= 11 is 0. The van der Waals surface area contributed by atoms with Crippen LogP contribution in [0, 0.1) is 16.7 Å². The fourth-order valence-corrected chi connectivity index (χ4v) is 5.15. The van der Waals surface area contributed by atoms with Crippen molar-refractivity contribution in [1.82, 2.24) is 10.2 Å². The van der Waals surface area contributed by atoms with Crippen molar-refractivity contribution in [3.05, 3.63) is 0 Å². The molecule has 2 heteroatoms. The smallest absolute Gasteiger partial charge is 0.0105 e. The van der Waals surface area contributed by atoms with Crippen molar-refractivity contribution in [2.75, 3.05) is 26.2 Å². The van der Waals surface area contributed by atoms with Crippen LogP contribution in [0.4, 0.5) is 0 Å². The second kappa shape index (κ2) is 7.00. The van der Waals surface area contributed by atoms with E-state index < -0.39 is 0 Å². The molecule has 2 nitrogen and oxygen atoms in total. The van der Waals surface area contributed by atoms with Crippen LogP contribution in [-0.4, -0.2) is 37.1 Å². The first-order valence-corrected chi connectivity index (χ1v) is 9.26. The van der Waals surface area contributed by atoms with E-state index in [4.69, 9.17) is 0 Å². The molecule has 2 fully saturated rings. The largest absolute Gasteiger partial charge is 0.317 e. The molecule has 0 amide bonds. The summed E-state index contributed by atoms with van der Waals surface area (Å²) in [6.45, 7) is 17.4. The highest BCUT2D eigenvalue weighted by atomic mass is 15.2. The Morgan fingerprint density at radius 3 is 2.10 bits per heavy atom. The predicted molar refractivity (Wildman–Crippen MR) is 92.7 cm³/mol. The number of nitrogens with one attached hydrogen (secondary N) is 1. The minimum Gasteiger partial charge on any atom is -0.317 e. The van der Waals surface area contributed by atoms with E-state index in [9.17, 15) is 0 Å². The third kappa shape index (κ3) is 5.25. The van der Waals surface area contributed by atoms with Crippen molar-refractivity contribution in [2.24, 2.45) is 16.7 Å². The first kappa shape index (κ1) is 17.3. The van der Waals surface area contributed by atoms with E-state index in [0.717, 1.165) is 12.0 Å². The molecule has 0 aromatic heterocycles. The molecule has 0 radical (unpaired) electrons. The lowest BCUT2D eigenvalue weighted by molar-refractivity contribution is 0.0155. The van der Waals surface area contributed by atoms with E-state index >= 15 is 0 Å². The van der Waals surface area contributed by atoms with Crippen molar-refractivity contribution >= 4 is 0 Å². The van der Waals surface area contributed by atoms with Crippen LogP contribution in [0.15, 0.2) is 0 Å². The molecule has 0 unspecified atom stereocenters. The molecule has 2 rings (SSSR count). The Labute approximate surface area is 133 Å². The Bertz CT molecular complexity index is 300. The molecule has 21 heavy (non-hydrogen) atoms. The standard InChI is InChI=1S/C19H38N2/c1-6-11-21(14-16-7-9-20-10-8-16)17-12-18(2,3)15-19(4,5)13-17/h16-17,20H,6-15H2,1-5H3. The first-order valence-electron chi connectivity index (χ1n) is 9.26. The van der Waals surface area contributed by atoms with Crippen LogP contribution in [0.25, 0.3) is 0 Å². The molecule has 124 valence electrons. The third-order valence-electron chi connectivity index (χ3n) is 5.51. The average Bonchev–Trinajstić information content (AvgIpc) is 2.36. The summed E-state index contributed by atoms with van der Waals surface area (Å²) < 4.78 is 0. The lowest BCUT2D eigenvalue weighted by Crippen LogP contribution is -2.48. The van der Waals surface area contributed by atoms with Gasteiger partial charge in [0.05, 0.1) is 0 Å². The highest BCUT2D eigenvalue weighted by Gasteiger charge is 2.40. The zero-order chi connectivity index (χ0) is 15.5. The van der Waals surface area contributed by atoms with Gasteiger partial charge in [0.15, 0.2) is 0 Å². The second-order valence-corrected chi connectivity index (χ2v) is 9.26. The topological polar surface area (TPSA) is 15.3 Å². The summed E-state index contributed by atoms with van der Waals surface area (Å²) in [5.74, 6) is 0.922. The number of hydrogen-bond donors (Lipinski definition) is 1. The van der Waals surface area contributed by atoms with Gasteiger partial charge in [0.2, 0.25) is 0 Å². The summed E-state index contributed by atoms with van der Waals surface area (Å²) in [5, 5.41) is 3.51. The van der Waals surface area contributed by atoms with Gasteiger partial charge in [-0.1, -0.05) is 34.6 Å². The molecular weight excluding hydrogens is 256 g/mol. The van der Waals surface area contributed by atoms with Crippen molar-refractivity contribution in [3.63, 3.8) is 0 Å². The normalized spacial score (nSPS) is 27.1. The fraction of sp³-hybridized carbons (Fsp3) is 1.00. The van der Waals surface area contributed by atoms with Crippen LogP contribution in [0.1, 0.15) is 73.1 Å². The monoisotopic (exact) mass is 294 g/mol. The predicted octanol–water partition coefficient (Wildman–Crippen LogP) is 4.30. The summed E-state index contributed by atoms with van der Waals surface area (Å²) in [5.41, 5.74) is 1.01. The maximum Gasteiger partial charge on any atom is 0.0105 e.